The van der Waals surface area contributed by atoms with Crippen molar-refractivity contribution in [3.05, 3.63) is 64.4 Å². The van der Waals surface area contributed by atoms with Gasteiger partial charge in [0.05, 0.1) is 35.4 Å². The molecular weight excluding hydrogens is 561 g/mol. The Bertz CT molecular complexity index is 1390. The highest BCUT2D eigenvalue weighted by Gasteiger charge is 2.38. The number of carboxylic acids is 1. The highest BCUT2D eigenvalue weighted by atomic mass is 19.4. The van der Waals surface area contributed by atoms with Gasteiger partial charge in [0.2, 0.25) is 5.88 Å². The number of carbonyl (C=O) groups is 3. The number of nitrogens with one attached hydrogen (secondary N) is 2. The Morgan fingerprint density at radius 1 is 0.975 bits per heavy atom. The number of aromatic nitrogens is 2. The van der Waals surface area contributed by atoms with Crippen LogP contribution in [0.1, 0.15) is 27.2 Å². The van der Waals surface area contributed by atoms with Gasteiger partial charge >= 0.3 is 18.2 Å². The Hall–Kier alpha value is -4.57. The number of alkyl halides is 5. The maximum Gasteiger partial charge on any atom is 0.490 e. The number of nitrogens with zero attached hydrogens (tertiary/aromatic N) is 2. The first kappa shape index (κ1) is 31.6. The van der Waals surface area contributed by atoms with Crippen LogP contribution in [0.15, 0.2) is 30.3 Å². The Kier molecular flexibility index (Phi) is 9.91. The Morgan fingerprint density at radius 2 is 1.52 bits per heavy atom. The summed E-state index contributed by atoms with van der Waals surface area (Å²) in [7, 11) is 0. The largest absolute Gasteiger partial charge is 0.490 e. The molecule has 2 heterocycles. The first-order chi connectivity index (χ1) is 18.4. The van der Waals surface area contributed by atoms with E-state index in [0.717, 1.165) is 12.1 Å². The van der Waals surface area contributed by atoms with Crippen LogP contribution in [0.2, 0.25) is 0 Å². The molecule has 0 saturated carbocycles. The first-order valence-electron chi connectivity index (χ1n) is 10.9. The number of fused-ring (bicyclic) bond motifs is 1. The van der Waals surface area contributed by atoms with Crippen molar-refractivity contribution in [1.82, 2.24) is 20.2 Å². The second-order valence-corrected chi connectivity index (χ2v) is 8.12. The van der Waals surface area contributed by atoms with Crippen LogP contribution in [-0.4, -0.2) is 63.0 Å². The van der Waals surface area contributed by atoms with Crippen molar-refractivity contribution in [2.45, 2.75) is 32.6 Å². The van der Waals surface area contributed by atoms with Crippen molar-refractivity contribution in [2.75, 3.05) is 13.1 Å². The molecule has 0 radical (unpaired) electrons. The Balaban J connectivity index is 0.000000708. The summed E-state index contributed by atoms with van der Waals surface area (Å²) < 4.78 is 94.0. The zero-order valence-electron chi connectivity index (χ0n) is 20.6. The zero-order valence-corrected chi connectivity index (χ0v) is 20.6. The highest BCUT2D eigenvalue weighted by molar-refractivity contribution is 6.02. The fourth-order valence-electron chi connectivity index (χ4n) is 3.12. The molecule has 0 bridgehead atoms. The van der Waals surface area contributed by atoms with E-state index in [1.165, 1.54) is 17.5 Å². The van der Waals surface area contributed by atoms with E-state index in [4.69, 9.17) is 19.7 Å². The predicted molar refractivity (Wildman–Crippen MR) is 122 cm³/mol. The third-order valence-corrected chi connectivity index (χ3v) is 4.92. The lowest BCUT2D eigenvalue weighted by Gasteiger charge is -2.16. The lowest BCUT2D eigenvalue weighted by molar-refractivity contribution is -0.192. The van der Waals surface area contributed by atoms with Gasteiger partial charge in [0.25, 0.3) is 11.8 Å². The van der Waals surface area contributed by atoms with Crippen LogP contribution in [0.3, 0.4) is 0 Å². The summed E-state index contributed by atoms with van der Waals surface area (Å²) in [6.45, 7) is 0.457. The minimum atomic E-state index is -5.08. The van der Waals surface area contributed by atoms with E-state index in [0.29, 0.717) is 5.56 Å². The number of ether oxygens (including phenoxy) is 1. The highest BCUT2D eigenvalue weighted by Crippen LogP contribution is 2.25. The number of halogens is 7. The molecule has 0 aliphatic rings. The molecule has 10 nitrogen and oxygen atoms in total. The van der Waals surface area contributed by atoms with E-state index in [2.05, 4.69) is 10.4 Å². The molecular formula is C23H21F7N4O6. The van der Waals surface area contributed by atoms with Gasteiger partial charge in [-0.25, -0.2) is 27.2 Å². The van der Waals surface area contributed by atoms with Gasteiger partial charge < -0.3 is 25.6 Å². The van der Waals surface area contributed by atoms with Gasteiger partial charge in [0.1, 0.15) is 18.2 Å². The Labute approximate surface area is 220 Å². The number of carbonyl (C=O) groups excluding carboxylic acids is 1. The van der Waals surface area contributed by atoms with Gasteiger partial charge in [-0.2, -0.15) is 22.8 Å². The van der Waals surface area contributed by atoms with Gasteiger partial charge in [0, 0.05) is 6.07 Å². The van der Waals surface area contributed by atoms with E-state index in [1.54, 1.807) is 24.4 Å². The SMILES string of the molecule is Cc1cc(OCc2c(F)cccc2F)n2nc(C)c(C(=O)NCC(F)(F)CNC(=O)O)c2c1.O=C(O)C(F)(F)F. The van der Waals surface area contributed by atoms with Crippen molar-refractivity contribution >= 4 is 23.5 Å². The minimum absolute atomic E-state index is 0.00242. The maximum atomic E-state index is 13.9. The minimum Gasteiger partial charge on any atom is -0.475 e. The van der Waals surface area contributed by atoms with Crippen molar-refractivity contribution in [3.63, 3.8) is 0 Å². The standard InChI is InChI=1S/C21H20F4N4O4.C2HF3O2/c1-11-6-16-18(19(30)26-9-21(24,25)10-27-20(31)32)12(2)28-29(16)17(7-11)33-8-13-14(22)4-3-5-15(13)23;3-2(4,5)1(6)7/h3-7,27H,8-10H2,1-2H3,(H,26,30)(H,31,32);(H,6,7). The number of amides is 2. The van der Waals surface area contributed by atoms with E-state index in [1.807, 2.05) is 0 Å². The molecule has 1 aromatic carbocycles. The average Bonchev–Trinajstić information content (AvgIpc) is 3.16. The van der Waals surface area contributed by atoms with Crippen LogP contribution in [-0.2, 0) is 11.4 Å². The van der Waals surface area contributed by atoms with E-state index in [-0.39, 0.29) is 28.2 Å². The summed E-state index contributed by atoms with van der Waals surface area (Å²) >= 11 is 0. The van der Waals surface area contributed by atoms with E-state index in [9.17, 15) is 40.3 Å². The van der Waals surface area contributed by atoms with Crippen LogP contribution >= 0.6 is 0 Å². The summed E-state index contributed by atoms with van der Waals surface area (Å²) in [4.78, 5) is 31.9. The number of aryl methyl sites for hydroxylation is 2. The van der Waals surface area contributed by atoms with Gasteiger partial charge in [-0.3, -0.25) is 4.79 Å². The summed E-state index contributed by atoms with van der Waals surface area (Å²) in [6, 6.07) is 6.54. The molecule has 4 N–H and O–H groups in total. The number of hydrogen-bond acceptors (Lipinski definition) is 5. The van der Waals surface area contributed by atoms with E-state index >= 15 is 0 Å². The molecule has 0 spiro atoms. The molecule has 2 amide bonds. The molecule has 40 heavy (non-hydrogen) atoms. The average molecular weight is 582 g/mol. The van der Waals surface area contributed by atoms with Crippen molar-refractivity contribution in [3.8, 4) is 5.88 Å². The number of hydrogen-bond donors (Lipinski definition) is 4. The van der Waals surface area contributed by atoms with Gasteiger partial charge in [-0.1, -0.05) is 6.07 Å². The third-order valence-electron chi connectivity index (χ3n) is 4.92. The molecule has 0 aliphatic carbocycles. The topological polar surface area (TPSA) is 142 Å². The second kappa shape index (κ2) is 12.5. The third kappa shape index (κ3) is 8.47. The van der Waals surface area contributed by atoms with Crippen molar-refractivity contribution in [1.29, 1.82) is 0 Å². The summed E-state index contributed by atoms with van der Waals surface area (Å²) in [5, 5.41) is 23.4. The quantitative estimate of drug-likeness (QED) is 0.293. The van der Waals surface area contributed by atoms with Crippen LogP contribution in [0, 0.1) is 25.5 Å². The number of benzene rings is 1. The van der Waals surface area contributed by atoms with Gasteiger partial charge in [-0.15, -0.1) is 0 Å². The fraction of sp³-hybridized carbons (Fsp3) is 0.304. The van der Waals surface area contributed by atoms with Crippen LogP contribution < -0.4 is 15.4 Å². The van der Waals surface area contributed by atoms with Gasteiger partial charge in [0.15, 0.2) is 0 Å². The molecule has 0 fully saturated rings. The molecule has 0 saturated heterocycles. The maximum absolute atomic E-state index is 13.9. The normalized spacial score (nSPS) is 11.4. The zero-order chi connectivity index (χ0) is 30.4. The lowest BCUT2D eigenvalue weighted by Crippen LogP contribution is -2.44. The number of rotatable bonds is 8. The summed E-state index contributed by atoms with van der Waals surface area (Å²) in [5.74, 6) is -8.60. The molecule has 0 atom stereocenters. The molecule has 2 aromatic heterocycles. The fourth-order valence-corrected chi connectivity index (χ4v) is 3.12. The van der Waals surface area contributed by atoms with Crippen LogP contribution in [0.4, 0.5) is 35.5 Å². The molecule has 0 unspecified atom stereocenters. The van der Waals surface area contributed by atoms with Crippen LogP contribution in [0.25, 0.3) is 5.52 Å². The van der Waals surface area contributed by atoms with E-state index < -0.39 is 61.4 Å². The summed E-state index contributed by atoms with van der Waals surface area (Å²) in [5.41, 5.74) is 0.776. The monoisotopic (exact) mass is 582 g/mol. The van der Waals surface area contributed by atoms with Gasteiger partial charge in [-0.05, 0) is 37.6 Å². The number of carboxylic acid groups (broad SMARTS) is 2. The van der Waals surface area contributed by atoms with Crippen molar-refractivity contribution in [2.24, 2.45) is 0 Å². The Morgan fingerprint density at radius 3 is 2.05 bits per heavy atom. The molecule has 218 valence electrons. The predicted octanol–water partition coefficient (Wildman–Crippen LogP) is 4.07. The number of pyridine rings is 1. The number of aliphatic carboxylic acids is 1. The van der Waals surface area contributed by atoms with Crippen molar-refractivity contribution < 1.29 is 60.1 Å². The lowest BCUT2D eigenvalue weighted by atomic mass is 10.1. The molecule has 3 rings (SSSR count). The first-order valence-corrected chi connectivity index (χ1v) is 10.9. The molecule has 17 heteroatoms. The molecule has 3 aromatic rings. The molecule has 0 aliphatic heterocycles. The second-order valence-electron chi connectivity index (χ2n) is 8.12. The van der Waals surface area contributed by atoms with Crippen LogP contribution in [0.5, 0.6) is 5.88 Å². The smallest absolute Gasteiger partial charge is 0.475 e. The summed E-state index contributed by atoms with van der Waals surface area (Å²) in [6.07, 6.45) is -6.70.